The molecule has 1 atom stereocenters. The highest BCUT2D eigenvalue weighted by molar-refractivity contribution is 5.39. The topological polar surface area (TPSA) is 40.5 Å². The number of allylic oxidation sites excluding steroid dienone is 3. The molecule has 0 spiro atoms. The highest BCUT2D eigenvalue weighted by Crippen LogP contribution is 2.34. The van der Waals surface area contributed by atoms with E-state index < -0.39 is 0 Å². The molecule has 0 amide bonds. The zero-order chi connectivity index (χ0) is 20.4. The van der Waals surface area contributed by atoms with E-state index in [0.29, 0.717) is 0 Å². The summed E-state index contributed by atoms with van der Waals surface area (Å²) in [7, 11) is 0. The third-order valence-corrected chi connectivity index (χ3v) is 5.67. The van der Waals surface area contributed by atoms with Gasteiger partial charge >= 0.3 is 0 Å². The fraction of sp³-hybridized carbons (Fsp3) is 0.600. The maximum absolute atomic E-state index is 9.51. The normalized spacial score (nSPS) is 16.9. The number of rotatable bonds is 7. The minimum atomic E-state index is 0.00393. The molecule has 0 saturated carbocycles. The van der Waals surface area contributed by atoms with Crippen LogP contribution in [0.15, 0.2) is 42.0 Å². The van der Waals surface area contributed by atoms with Crippen molar-refractivity contribution in [2.75, 3.05) is 0 Å². The van der Waals surface area contributed by atoms with Crippen molar-refractivity contribution in [3.05, 3.63) is 47.6 Å². The maximum atomic E-state index is 9.51. The van der Waals surface area contributed by atoms with Crippen molar-refractivity contribution < 1.29 is 10.2 Å². The first kappa shape index (κ1) is 23.3. The van der Waals surface area contributed by atoms with Crippen LogP contribution < -0.4 is 0 Å². The summed E-state index contributed by atoms with van der Waals surface area (Å²) < 4.78 is 0. The molecule has 1 aliphatic carbocycles. The number of hydrogen-bond acceptors (Lipinski definition) is 2. The molecule has 2 rings (SSSR count). The molecule has 0 saturated heterocycles. The zero-order valence-electron chi connectivity index (χ0n) is 18.1. The second-order valence-corrected chi connectivity index (χ2v) is 8.80. The molecule has 0 fully saturated rings. The third kappa shape index (κ3) is 8.69. The van der Waals surface area contributed by atoms with Crippen LogP contribution in [0.3, 0.4) is 0 Å². The van der Waals surface area contributed by atoms with E-state index in [1.807, 2.05) is 0 Å². The fourth-order valence-corrected chi connectivity index (χ4v) is 3.54. The summed E-state index contributed by atoms with van der Waals surface area (Å²) >= 11 is 0. The predicted molar refractivity (Wildman–Crippen MR) is 117 cm³/mol. The van der Waals surface area contributed by atoms with Crippen molar-refractivity contribution in [1.82, 2.24) is 0 Å². The number of phenols is 2. The van der Waals surface area contributed by atoms with E-state index >= 15 is 0 Å². The summed E-state index contributed by atoms with van der Waals surface area (Å²) in [6.45, 7) is 14.9. The van der Waals surface area contributed by atoms with Crippen LogP contribution in [0.4, 0.5) is 0 Å². The molecule has 1 aliphatic rings. The van der Waals surface area contributed by atoms with Crippen molar-refractivity contribution in [1.29, 1.82) is 0 Å². The molecular formula is C25H40O2. The van der Waals surface area contributed by atoms with Gasteiger partial charge in [0.25, 0.3) is 0 Å². The highest BCUT2D eigenvalue weighted by atomic mass is 16.3. The number of aromatic hydroxyl groups is 2. The van der Waals surface area contributed by atoms with E-state index in [4.69, 9.17) is 0 Å². The van der Waals surface area contributed by atoms with Crippen molar-refractivity contribution in [2.24, 2.45) is 5.92 Å². The predicted octanol–water partition coefficient (Wildman–Crippen LogP) is 7.65. The van der Waals surface area contributed by atoms with Crippen LogP contribution in [0.25, 0.3) is 0 Å². The first-order chi connectivity index (χ1) is 12.7. The summed E-state index contributed by atoms with van der Waals surface area (Å²) in [5, 5.41) is 19.0. The van der Waals surface area contributed by atoms with E-state index in [1.54, 1.807) is 17.7 Å². The van der Waals surface area contributed by atoms with Gasteiger partial charge < -0.3 is 10.2 Å². The molecule has 0 aliphatic heterocycles. The number of hydrogen-bond donors (Lipinski definition) is 2. The van der Waals surface area contributed by atoms with E-state index in [2.05, 4.69) is 47.3 Å². The van der Waals surface area contributed by atoms with Gasteiger partial charge in [-0.25, -0.2) is 0 Å². The molecule has 2 heteroatoms. The minimum absolute atomic E-state index is 0.00393. The zero-order valence-corrected chi connectivity index (χ0v) is 18.1. The average Bonchev–Trinajstić information content (AvgIpc) is 2.59. The second-order valence-electron chi connectivity index (χ2n) is 8.80. The van der Waals surface area contributed by atoms with Crippen LogP contribution in [0.5, 0.6) is 11.5 Å². The molecule has 2 nitrogen and oxygen atoms in total. The summed E-state index contributed by atoms with van der Waals surface area (Å²) in [5.74, 6) is 1.05. The van der Waals surface area contributed by atoms with Crippen LogP contribution in [-0.4, -0.2) is 10.2 Å². The lowest BCUT2D eigenvalue weighted by Gasteiger charge is -2.25. The largest absolute Gasteiger partial charge is 0.508 e. The number of benzene rings is 1. The molecule has 1 aromatic rings. The van der Waals surface area contributed by atoms with Crippen LogP contribution in [0.2, 0.25) is 0 Å². The molecule has 2 N–H and O–H groups in total. The number of phenolic OH excluding ortho intramolecular Hbond substituents is 2. The number of unbranched alkanes of at least 4 members (excludes halogenated alkanes) is 3. The van der Waals surface area contributed by atoms with Crippen LogP contribution in [0.1, 0.15) is 91.5 Å². The Hall–Kier alpha value is -1.70. The van der Waals surface area contributed by atoms with Gasteiger partial charge in [0.2, 0.25) is 0 Å². The van der Waals surface area contributed by atoms with E-state index in [-0.39, 0.29) is 16.9 Å². The lowest BCUT2D eigenvalue weighted by molar-refractivity contribution is 0.423. The summed E-state index contributed by atoms with van der Waals surface area (Å²) in [6, 6.07) is 4.87. The van der Waals surface area contributed by atoms with E-state index in [9.17, 15) is 10.2 Å². The van der Waals surface area contributed by atoms with Gasteiger partial charge in [-0.05, 0) is 68.6 Å². The molecule has 1 aromatic carbocycles. The van der Waals surface area contributed by atoms with Crippen molar-refractivity contribution in [3.63, 3.8) is 0 Å². The van der Waals surface area contributed by atoms with Crippen molar-refractivity contribution in [2.45, 2.75) is 91.4 Å². The van der Waals surface area contributed by atoms with Crippen molar-refractivity contribution in [3.8, 4) is 11.5 Å². The monoisotopic (exact) mass is 372 g/mol. The van der Waals surface area contributed by atoms with Gasteiger partial charge in [-0.1, -0.05) is 70.3 Å². The lowest BCUT2D eigenvalue weighted by atomic mass is 9.80. The van der Waals surface area contributed by atoms with Gasteiger partial charge in [0.1, 0.15) is 11.5 Å². The van der Waals surface area contributed by atoms with Gasteiger partial charge in [0.15, 0.2) is 0 Å². The maximum Gasteiger partial charge on any atom is 0.119 e. The second kappa shape index (κ2) is 11.2. The quantitative estimate of drug-likeness (QED) is 0.381. The van der Waals surface area contributed by atoms with Gasteiger partial charge in [0, 0.05) is 6.07 Å². The Morgan fingerprint density at radius 2 is 1.74 bits per heavy atom. The van der Waals surface area contributed by atoms with Gasteiger partial charge in [0.05, 0.1) is 0 Å². The fourth-order valence-electron chi connectivity index (χ4n) is 3.54. The Morgan fingerprint density at radius 1 is 1.11 bits per heavy atom. The summed E-state index contributed by atoms with van der Waals surface area (Å²) in [5.41, 5.74) is 3.91. The third-order valence-electron chi connectivity index (χ3n) is 5.67. The Labute approximate surface area is 167 Å². The smallest absolute Gasteiger partial charge is 0.119 e. The molecule has 0 bridgehead atoms. The van der Waals surface area contributed by atoms with E-state index in [1.165, 1.54) is 56.6 Å². The molecule has 0 radical (unpaired) electrons. The average molecular weight is 373 g/mol. The molecular weight excluding hydrogens is 332 g/mol. The molecule has 0 heterocycles. The SMILES string of the molecule is C=C(C)[C@H]1CC=C(C)CC1.CCCCCCC(C)(C)c1cc(O)cc(O)c1. The Bertz CT molecular complexity index is 605. The van der Waals surface area contributed by atoms with Crippen LogP contribution >= 0.6 is 0 Å². The lowest BCUT2D eigenvalue weighted by Crippen LogP contribution is -2.16. The Balaban J connectivity index is 0.000000309. The summed E-state index contributed by atoms with van der Waals surface area (Å²) in [6.07, 6.45) is 12.2. The molecule has 0 aromatic heterocycles. The molecule has 27 heavy (non-hydrogen) atoms. The molecule has 152 valence electrons. The summed E-state index contributed by atoms with van der Waals surface area (Å²) in [4.78, 5) is 0. The highest BCUT2D eigenvalue weighted by Gasteiger charge is 2.21. The Kier molecular flexibility index (Phi) is 9.69. The van der Waals surface area contributed by atoms with Crippen molar-refractivity contribution >= 4 is 0 Å². The Morgan fingerprint density at radius 3 is 2.22 bits per heavy atom. The van der Waals surface area contributed by atoms with E-state index in [0.717, 1.165) is 17.9 Å². The van der Waals surface area contributed by atoms with Gasteiger partial charge in [-0.3, -0.25) is 0 Å². The van der Waals surface area contributed by atoms with Gasteiger partial charge in [-0.2, -0.15) is 0 Å². The molecule has 0 unspecified atom stereocenters. The van der Waals surface area contributed by atoms with Crippen LogP contribution in [-0.2, 0) is 5.41 Å². The standard InChI is InChI=1S/C15H24O2.C10H16/c1-4-5-6-7-8-15(2,3)12-9-13(16)11-14(17)10-12;1-8(2)10-6-4-9(3)5-7-10/h9-11,16-17H,4-8H2,1-3H3;4,10H,1,5-7H2,2-3H3/t;10-/m.0/s1. The first-order valence-corrected chi connectivity index (χ1v) is 10.5. The van der Waals surface area contributed by atoms with Gasteiger partial charge in [-0.15, -0.1) is 0 Å². The van der Waals surface area contributed by atoms with Crippen LogP contribution in [0, 0.1) is 5.92 Å². The minimum Gasteiger partial charge on any atom is -0.508 e. The first-order valence-electron chi connectivity index (χ1n) is 10.5.